The lowest BCUT2D eigenvalue weighted by Gasteiger charge is -2.38. The Kier molecular flexibility index (Phi) is 4.98. The van der Waals surface area contributed by atoms with E-state index in [2.05, 4.69) is 25.7 Å². The number of hydrogen-bond donors (Lipinski definition) is 0. The smallest absolute Gasteiger partial charge is 0.164 e. The topological polar surface area (TPSA) is 20.3 Å². The van der Waals surface area contributed by atoms with Gasteiger partial charge in [-0.3, -0.25) is 4.79 Å². The van der Waals surface area contributed by atoms with Crippen LogP contribution in [0.5, 0.6) is 0 Å². The van der Waals surface area contributed by atoms with E-state index in [9.17, 15) is 4.79 Å². The summed E-state index contributed by atoms with van der Waals surface area (Å²) in [5, 5.41) is 0. The summed E-state index contributed by atoms with van der Waals surface area (Å²) in [4.78, 5) is 14.5. The van der Waals surface area contributed by atoms with Gasteiger partial charge >= 0.3 is 0 Å². The second-order valence-corrected chi connectivity index (χ2v) is 7.02. The third-order valence-corrected chi connectivity index (χ3v) is 4.56. The van der Waals surface area contributed by atoms with E-state index in [1.54, 1.807) is 0 Å². The summed E-state index contributed by atoms with van der Waals surface area (Å²) in [7, 11) is 0. The number of rotatable bonds is 4. The van der Waals surface area contributed by atoms with Gasteiger partial charge in [-0.1, -0.05) is 51.1 Å². The fourth-order valence-electron chi connectivity index (χ4n) is 3.05. The molecule has 1 aromatic carbocycles. The molecule has 110 valence electrons. The molecule has 0 unspecified atom stereocenters. The number of likely N-dealkylation sites (tertiary alicyclic amines) is 1. The summed E-state index contributed by atoms with van der Waals surface area (Å²) in [5.41, 5.74) is 1.27. The zero-order valence-electron chi connectivity index (χ0n) is 13.1. The van der Waals surface area contributed by atoms with Crippen molar-refractivity contribution in [3.63, 3.8) is 0 Å². The van der Waals surface area contributed by atoms with Crippen LogP contribution in [0.15, 0.2) is 30.3 Å². The Morgan fingerprint density at radius 1 is 1.15 bits per heavy atom. The second kappa shape index (κ2) is 6.53. The van der Waals surface area contributed by atoms with E-state index in [4.69, 9.17) is 0 Å². The maximum Gasteiger partial charge on any atom is 0.164 e. The van der Waals surface area contributed by atoms with E-state index in [1.807, 2.05) is 30.3 Å². The van der Waals surface area contributed by atoms with Crippen LogP contribution in [0.3, 0.4) is 0 Å². The van der Waals surface area contributed by atoms with Crippen molar-refractivity contribution in [2.24, 2.45) is 11.3 Å². The zero-order valence-corrected chi connectivity index (χ0v) is 13.1. The molecule has 2 heteroatoms. The minimum Gasteiger partial charge on any atom is -0.303 e. The summed E-state index contributed by atoms with van der Waals surface area (Å²) in [6, 6.07) is 9.64. The molecule has 0 aromatic heterocycles. The lowest BCUT2D eigenvalue weighted by molar-refractivity contribution is 0.0902. The Hall–Kier alpha value is -1.15. The van der Waals surface area contributed by atoms with Crippen molar-refractivity contribution in [3.05, 3.63) is 35.9 Å². The van der Waals surface area contributed by atoms with Crippen LogP contribution < -0.4 is 0 Å². The van der Waals surface area contributed by atoms with Crippen LogP contribution in [-0.2, 0) is 0 Å². The van der Waals surface area contributed by atoms with Crippen LogP contribution in [0.4, 0.5) is 0 Å². The highest BCUT2D eigenvalue weighted by molar-refractivity contribution is 5.96. The van der Waals surface area contributed by atoms with Gasteiger partial charge in [-0.2, -0.15) is 0 Å². The molecule has 1 aliphatic heterocycles. The summed E-state index contributed by atoms with van der Waals surface area (Å²) in [5.74, 6) is 1.09. The van der Waals surface area contributed by atoms with E-state index in [0.29, 0.717) is 11.8 Å². The number of piperidine rings is 1. The molecule has 2 nitrogen and oxygen atoms in total. The van der Waals surface area contributed by atoms with Gasteiger partial charge in [-0.05, 0) is 37.3 Å². The van der Waals surface area contributed by atoms with Crippen molar-refractivity contribution in [1.82, 2.24) is 4.90 Å². The van der Waals surface area contributed by atoms with Gasteiger partial charge in [-0.15, -0.1) is 0 Å². The Bertz CT molecular complexity index is 424. The molecule has 1 aromatic rings. The third kappa shape index (κ3) is 4.17. The summed E-state index contributed by atoms with van der Waals surface area (Å²) in [6.45, 7) is 10.2. The monoisotopic (exact) mass is 273 g/mol. The predicted octanol–water partition coefficient (Wildman–Crippen LogP) is 4.02. The van der Waals surface area contributed by atoms with Crippen LogP contribution in [0.25, 0.3) is 0 Å². The standard InChI is InChI=1S/C18H27NO/c1-18(2,3)16-9-12-19(13-10-16)14-11-17(20)15-7-5-4-6-8-15/h4-8,16H,9-14H2,1-3H3. The van der Waals surface area contributed by atoms with E-state index in [1.165, 1.54) is 12.8 Å². The van der Waals surface area contributed by atoms with Crippen molar-refractivity contribution in [2.75, 3.05) is 19.6 Å². The van der Waals surface area contributed by atoms with Crippen molar-refractivity contribution < 1.29 is 4.79 Å². The molecule has 0 radical (unpaired) electrons. The molecule has 20 heavy (non-hydrogen) atoms. The number of carbonyl (C=O) groups is 1. The Balaban J connectivity index is 1.75. The quantitative estimate of drug-likeness (QED) is 0.772. The number of Topliss-reactive ketones (excluding diaryl/α,β-unsaturated/α-hetero) is 1. The number of hydrogen-bond acceptors (Lipinski definition) is 2. The normalized spacial score (nSPS) is 18.1. The number of carbonyl (C=O) groups excluding carboxylic acids is 1. The van der Waals surface area contributed by atoms with E-state index in [0.717, 1.165) is 31.1 Å². The summed E-state index contributed by atoms with van der Waals surface area (Å²) in [6.07, 6.45) is 3.18. The first kappa shape index (κ1) is 15.2. The molecule has 1 fully saturated rings. The molecule has 0 amide bonds. The first-order chi connectivity index (χ1) is 9.47. The molecule has 0 spiro atoms. The first-order valence-electron chi connectivity index (χ1n) is 7.77. The minimum atomic E-state index is 0.267. The van der Waals surface area contributed by atoms with Crippen molar-refractivity contribution in [2.45, 2.75) is 40.0 Å². The molecule has 1 aliphatic rings. The zero-order chi connectivity index (χ0) is 14.6. The molecule has 0 N–H and O–H groups in total. The second-order valence-electron chi connectivity index (χ2n) is 7.02. The molecule has 0 aliphatic carbocycles. The summed E-state index contributed by atoms with van der Waals surface area (Å²) < 4.78 is 0. The van der Waals surface area contributed by atoms with Crippen molar-refractivity contribution >= 4 is 5.78 Å². The molecular weight excluding hydrogens is 246 g/mol. The lowest BCUT2D eigenvalue weighted by Crippen LogP contribution is -2.38. The fraction of sp³-hybridized carbons (Fsp3) is 0.611. The van der Waals surface area contributed by atoms with Gasteiger partial charge in [0.15, 0.2) is 5.78 Å². The van der Waals surface area contributed by atoms with Crippen molar-refractivity contribution in [3.8, 4) is 0 Å². The maximum absolute atomic E-state index is 12.1. The van der Waals surface area contributed by atoms with Gasteiger partial charge in [-0.25, -0.2) is 0 Å². The molecule has 0 atom stereocenters. The fourth-order valence-corrected chi connectivity index (χ4v) is 3.05. The highest BCUT2D eigenvalue weighted by Gasteiger charge is 2.28. The van der Waals surface area contributed by atoms with Gasteiger partial charge in [0.05, 0.1) is 0 Å². The molecular formula is C18H27NO. The minimum absolute atomic E-state index is 0.267. The van der Waals surface area contributed by atoms with Gasteiger partial charge in [0.1, 0.15) is 0 Å². The Morgan fingerprint density at radius 3 is 2.30 bits per heavy atom. The first-order valence-corrected chi connectivity index (χ1v) is 7.77. The Labute approximate surface area is 123 Å². The largest absolute Gasteiger partial charge is 0.303 e. The third-order valence-electron chi connectivity index (χ3n) is 4.56. The summed E-state index contributed by atoms with van der Waals surface area (Å²) >= 11 is 0. The maximum atomic E-state index is 12.1. The van der Waals surface area contributed by atoms with E-state index < -0.39 is 0 Å². The van der Waals surface area contributed by atoms with E-state index >= 15 is 0 Å². The molecule has 0 saturated carbocycles. The highest BCUT2D eigenvalue weighted by atomic mass is 16.1. The van der Waals surface area contributed by atoms with Gasteiger partial charge in [0.2, 0.25) is 0 Å². The van der Waals surface area contributed by atoms with Crippen LogP contribution in [0.1, 0.15) is 50.4 Å². The molecule has 0 bridgehead atoms. The molecule has 2 rings (SSSR count). The SMILES string of the molecule is CC(C)(C)C1CCN(CCC(=O)c2ccccc2)CC1. The average molecular weight is 273 g/mol. The molecule has 1 saturated heterocycles. The average Bonchev–Trinajstić information content (AvgIpc) is 2.45. The predicted molar refractivity (Wildman–Crippen MR) is 84.0 cm³/mol. The molecule has 1 heterocycles. The van der Waals surface area contributed by atoms with Crippen molar-refractivity contribution in [1.29, 1.82) is 0 Å². The van der Waals surface area contributed by atoms with Crippen LogP contribution in [0.2, 0.25) is 0 Å². The van der Waals surface area contributed by atoms with Gasteiger partial charge < -0.3 is 4.90 Å². The highest BCUT2D eigenvalue weighted by Crippen LogP contribution is 2.34. The van der Waals surface area contributed by atoms with E-state index in [-0.39, 0.29) is 5.78 Å². The van der Waals surface area contributed by atoms with Crippen LogP contribution in [0, 0.1) is 11.3 Å². The number of benzene rings is 1. The lowest BCUT2D eigenvalue weighted by atomic mass is 9.75. The number of ketones is 1. The van der Waals surface area contributed by atoms with Gasteiger partial charge in [0.25, 0.3) is 0 Å². The number of nitrogens with zero attached hydrogens (tertiary/aromatic N) is 1. The van der Waals surface area contributed by atoms with Crippen LogP contribution >= 0.6 is 0 Å². The van der Waals surface area contributed by atoms with Gasteiger partial charge in [0, 0.05) is 18.5 Å². The Morgan fingerprint density at radius 2 is 1.75 bits per heavy atom. The van der Waals surface area contributed by atoms with Crippen LogP contribution in [-0.4, -0.2) is 30.3 Å².